The smallest absolute Gasteiger partial charge is 0.148 e. The molecule has 0 bridgehead atoms. The molecule has 0 amide bonds. The maximum Gasteiger partial charge on any atom is 0.148 e. The monoisotopic (exact) mass is 178 g/mol. The predicted molar refractivity (Wildman–Crippen MR) is 54.4 cm³/mol. The van der Waals surface area contributed by atoms with E-state index in [-0.39, 0.29) is 0 Å². The van der Waals surface area contributed by atoms with Crippen LogP contribution in [0, 0.1) is 0 Å². The van der Waals surface area contributed by atoms with Crippen LogP contribution >= 0.6 is 0 Å². The van der Waals surface area contributed by atoms with Gasteiger partial charge >= 0.3 is 0 Å². The molecule has 0 spiro atoms. The average Bonchev–Trinajstić information content (AvgIpc) is 2.08. The summed E-state index contributed by atoms with van der Waals surface area (Å²) in [7, 11) is 0. The maximum atomic E-state index is 5.39. The van der Waals surface area contributed by atoms with Crippen LogP contribution in [0.3, 0.4) is 0 Å². The van der Waals surface area contributed by atoms with Gasteiger partial charge in [0.1, 0.15) is 11.6 Å². The van der Waals surface area contributed by atoms with Gasteiger partial charge in [-0.15, -0.1) is 16.8 Å². The molecule has 0 unspecified atom stereocenters. The van der Waals surface area contributed by atoms with Crippen LogP contribution in [0.5, 0.6) is 0 Å². The fourth-order valence-corrected chi connectivity index (χ4v) is 0.841. The molecule has 1 heterocycles. The highest BCUT2D eigenvalue weighted by molar-refractivity contribution is 5.38. The molecule has 13 heavy (non-hydrogen) atoms. The van der Waals surface area contributed by atoms with E-state index in [1.807, 2.05) is 6.92 Å². The zero-order valence-corrected chi connectivity index (χ0v) is 7.75. The fraction of sp³-hybridized carbons (Fsp3) is 0.333. The van der Waals surface area contributed by atoms with E-state index in [0.717, 1.165) is 24.4 Å². The molecule has 0 aliphatic carbocycles. The lowest BCUT2D eigenvalue weighted by Gasteiger charge is -2.03. The summed E-state index contributed by atoms with van der Waals surface area (Å²) in [6, 6.07) is 3.52. The van der Waals surface area contributed by atoms with Crippen molar-refractivity contribution < 1.29 is 0 Å². The van der Waals surface area contributed by atoms with Crippen LogP contribution in [0.2, 0.25) is 0 Å². The molecular formula is C9H14N4. The third kappa shape index (κ3) is 3.55. The molecule has 0 radical (unpaired) electrons. The van der Waals surface area contributed by atoms with Crippen LogP contribution < -0.4 is 11.1 Å². The second-order valence-electron chi connectivity index (χ2n) is 2.98. The normalized spacial score (nSPS) is 9.62. The van der Waals surface area contributed by atoms with Gasteiger partial charge in [-0.05, 0) is 25.5 Å². The zero-order valence-electron chi connectivity index (χ0n) is 7.75. The largest absolute Gasteiger partial charge is 0.382 e. The number of nitrogens with zero attached hydrogens (tertiary/aromatic N) is 2. The standard InChI is InChI=1S/C9H14N4/c1-7(2)5-6-11-9-4-3-8(10)12-13-9/h3-4H,1,5-6H2,2H3,(H2,10,12)(H,11,13). The molecule has 1 aromatic rings. The molecule has 4 heteroatoms. The van der Waals surface area contributed by atoms with E-state index in [1.165, 1.54) is 0 Å². The maximum absolute atomic E-state index is 5.39. The van der Waals surface area contributed by atoms with Crippen molar-refractivity contribution in [3.05, 3.63) is 24.3 Å². The predicted octanol–water partition coefficient (Wildman–Crippen LogP) is 1.44. The van der Waals surface area contributed by atoms with Gasteiger partial charge in [-0.1, -0.05) is 5.57 Å². The summed E-state index contributed by atoms with van der Waals surface area (Å²) in [5.74, 6) is 1.18. The molecule has 4 nitrogen and oxygen atoms in total. The molecule has 0 aliphatic heterocycles. The van der Waals surface area contributed by atoms with Gasteiger partial charge in [0.05, 0.1) is 0 Å². The number of nitrogens with two attached hydrogens (primary N) is 1. The van der Waals surface area contributed by atoms with Gasteiger partial charge in [0.15, 0.2) is 0 Å². The third-order valence-electron chi connectivity index (χ3n) is 1.54. The van der Waals surface area contributed by atoms with Crippen molar-refractivity contribution in [3.63, 3.8) is 0 Å². The molecule has 0 atom stereocenters. The SMILES string of the molecule is C=C(C)CCNc1ccc(N)nn1. The highest BCUT2D eigenvalue weighted by Crippen LogP contribution is 2.03. The van der Waals surface area contributed by atoms with Gasteiger partial charge in [0.25, 0.3) is 0 Å². The van der Waals surface area contributed by atoms with Gasteiger partial charge < -0.3 is 11.1 Å². The summed E-state index contributed by atoms with van der Waals surface area (Å²) in [4.78, 5) is 0. The third-order valence-corrected chi connectivity index (χ3v) is 1.54. The summed E-state index contributed by atoms with van der Waals surface area (Å²) in [6.45, 7) is 6.63. The van der Waals surface area contributed by atoms with Crippen molar-refractivity contribution in [2.24, 2.45) is 0 Å². The van der Waals surface area contributed by atoms with Gasteiger partial charge in [-0.25, -0.2) is 0 Å². The number of rotatable bonds is 4. The lowest BCUT2D eigenvalue weighted by molar-refractivity contribution is 0.962. The van der Waals surface area contributed by atoms with Crippen molar-refractivity contribution in [1.82, 2.24) is 10.2 Å². The van der Waals surface area contributed by atoms with E-state index in [2.05, 4.69) is 22.1 Å². The Hall–Kier alpha value is -1.58. The minimum Gasteiger partial charge on any atom is -0.382 e. The van der Waals surface area contributed by atoms with Crippen molar-refractivity contribution >= 4 is 11.6 Å². The molecule has 0 aromatic carbocycles. The van der Waals surface area contributed by atoms with Gasteiger partial charge in [0.2, 0.25) is 0 Å². The molecule has 0 saturated carbocycles. The summed E-state index contributed by atoms with van der Waals surface area (Å²) >= 11 is 0. The average molecular weight is 178 g/mol. The van der Waals surface area contributed by atoms with Crippen LogP contribution in [0.4, 0.5) is 11.6 Å². The van der Waals surface area contributed by atoms with Crippen molar-refractivity contribution in [3.8, 4) is 0 Å². The Bertz CT molecular complexity index is 278. The van der Waals surface area contributed by atoms with Crippen molar-refractivity contribution in [2.75, 3.05) is 17.6 Å². The Morgan fingerprint density at radius 2 is 2.31 bits per heavy atom. The molecule has 0 fully saturated rings. The highest BCUT2D eigenvalue weighted by atomic mass is 15.2. The van der Waals surface area contributed by atoms with Crippen LogP contribution in [0.15, 0.2) is 24.3 Å². The zero-order chi connectivity index (χ0) is 9.68. The Labute approximate surface area is 77.9 Å². The van der Waals surface area contributed by atoms with Crippen LogP contribution in [0.1, 0.15) is 13.3 Å². The quantitative estimate of drug-likeness (QED) is 0.685. The fourth-order valence-electron chi connectivity index (χ4n) is 0.841. The molecule has 1 rings (SSSR count). The van der Waals surface area contributed by atoms with E-state index >= 15 is 0 Å². The lowest BCUT2D eigenvalue weighted by Crippen LogP contribution is -2.04. The van der Waals surface area contributed by atoms with E-state index in [1.54, 1.807) is 12.1 Å². The topological polar surface area (TPSA) is 63.8 Å². The van der Waals surface area contributed by atoms with E-state index in [9.17, 15) is 0 Å². The van der Waals surface area contributed by atoms with Crippen LogP contribution in [-0.2, 0) is 0 Å². The van der Waals surface area contributed by atoms with Gasteiger partial charge in [-0.2, -0.15) is 0 Å². The highest BCUT2D eigenvalue weighted by Gasteiger charge is 1.93. The minimum atomic E-state index is 0.436. The van der Waals surface area contributed by atoms with E-state index < -0.39 is 0 Å². The Morgan fingerprint density at radius 3 is 2.85 bits per heavy atom. The molecule has 3 N–H and O–H groups in total. The summed E-state index contributed by atoms with van der Waals surface area (Å²) < 4.78 is 0. The van der Waals surface area contributed by atoms with Crippen molar-refractivity contribution in [1.29, 1.82) is 0 Å². The Balaban J connectivity index is 2.37. The molecule has 0 saturated heterocycles. The molecule has 0 aliphatic rings. The first kappa shape index (κ1) is 9.51. The van der Waals surface area contributed by atoms with Crippen LogP contribution in [0.25, 0.3) is 0 Å². The number of hydrogen-bond acceptors (Lipinski definition) is 4. The second-order valence-corrected chi connectivity index (χ2v) is 2.98. The lowest BCUT2D eigenvalue weighted by atomic mass is 10.2. The summed E-state index contributed by atoms with van der Waals surface area (Å²) in [5, 5.41) is 10.7. The number of anilines is 2. The molecular weight excluding hydrogens is 164 g/mol. The van der Waals surface area contributed by atoms with Crippen molar-refractivity contribution in [2.45, 2.75) is 13.3 Å². The first-order chi connectivity index (χ1) is 6.18. The van der Waals surface area contributed by atoms with Gasteiger partial charge in [-0.3, -0.25) is 0 Å². The second kappa shape index (κ2) is 4.45. The minimum absolute atomic E-state index is 0.436. The number of nitrogens with one attached hydrogen (secondary N) is 1. The first-order valence-electron chi connectivity index (χ1n) is 4.16. The van der Waals surface area contributed by atoms with E-state index in [0.29, 0.717) is 5.82 Å². The number of nitrogen functional groups attached to an aromatic ring is 1. The first-order valence-corrected chi connectivity index (χ1v) is 4.16. The molecule has 70 valence electrons. The van der Waals surface area contributed by atoms with Gasteiger partial charge in [0, 0.05) is 6.54 Å². The number of aromatic nitrogens is 2. The van der Waals surface area contributed by atoms with E-state index in [4.69, 9.17) is 5.73 Å². The molecule has 1 aromatic heterocycles. The Kier molecular flexibility index (Phi) is 3.25. The Morgan fingerprint density at radius 1 is 1.54 bits per heavy atom. The summed E-state index contributed by atoms with van der Waals surface area (Å²) in [5.41, 5.74) is 6.54. The summed E-state index contributed by atoms with van der Waals surface area (Å²) in [6.07, 6.45) is 0.937. The number of hydrogen-bond donors (Lipinski definition) is 2. The van der Waals surface area contributed by atoms with Crippen LogP contribution in [-0.4, -0.2) is 16.7 Å².